The topological polar surface area (TPSA) is 79.8 Å². The van der Waals surface area contributed by atoms with E-state index >= 15 is 0 Å². The third-order valence-electron chi connectivity index (χ3n) is 4.38. The zero-order chi connectivity index (χ0) is 20.7. The van der Waals surface area contributed by atoms with Gasteiger partial charge in [0.2, 0.25) is 0 Å². The van der Waals surface area contributed by atoms with Crippen LogP contribution in [0.25, 0.3) is 21.9 Å². The fourth-order valence-electron chi connectivity index (χ4n) is 3.20. The Bertz CT molecular complexity index is 1220. The number of nitrogens with zero attached hydrogens (tertiary/aromatic N) is 1. The Labute approximate surface area is 176 Å². The Balaban J connectivity index is 1.93. The summed E-state index contributed by atoms with van der Waals surface area (Å²) in [6, 6.07) is 10.5. The third-order valence-corrected chi connectivity index (χ3v) is 4.96. The highest BCUT2D eigenvalue weighted by molar-refractivity contribution is 6.38. The molecule has 8 heteroatoms. The number of hydrogen-bond acceptors (Lipinski definition) is 5. The minimum atomic E-state index is -0.813. The van der Waals surface area contributed by atoms with Gasteiger partial charge in [0.1, 0.15) is 15.6 Å². The number of halogens is 2. The summed E-state index contributed by atoms with van der Waals surface area (Å²) < 4.78 is 11.8. The van der Waals surface area contributed by atoms with Gasteiger partial charge in [-0.2, -0.15) is 0 Å². The number of hydroxylamine groups is 1. The summed E-state index contributed by atoms with van der Waals surface area (Å²) in [5.74, 6) is -0.247. The van der Waals surface area contributed by atoms with E-state index in [9.17, 15) is 10.0 Å². The van der Waals surface area contributed by atoms with Crippen LogP contribution in [0.4, 0.5) is 5.69 Å². The van der Waals surface area contributed by atoms with Crippen LogP contribution in [0.5, 0.6) is 5.75 Å². The van der Waals surface area contributed by atoms with Crippen molar-refractivity contribution in [3.05, 3.63) is 69.6 Å². The number of fused-ring (bicyclic) bond motifs is 3. The molecule has 0 aliphatic rings. The van der Waals surface area contributed by atoms with Crippen molar-refractivity contribution in [2.45, 2.75) is 20.0 Å². The molecule has 2 aromatic heterocycles. The Morgan fingerprint density at radius 3 is 2.52 bits per heavy atom. The molecule has 0 aliphatic heterocycles. The van der Waals surface area contributed by atoms with Crippen LogP contribution in [0.2, 0.25) is 10.0 Å². The van der Waals surface area contributed by atoms with Crippen LogP contribution >= 0.6 is 23.2 Å². The van der Waals surface area contributed by atoms with Crippen LogP contribution in [0.3, 0.4) is 0 Å². The van der Waals surface area contributed by atoms with Gasteiger partial charge in [-0.05, 0) is 32.0 Å². The second-order valence-corrected chi connectivity index (χ2v) is 7.53. The number of carbonyl (C=O) groups excluding carboxylic acids is 1. The molecule has 4 rings (SSSR count). The first-order valence-corrected chi connectivity index (χ1v) is 9.63. The first-order valence-electron chi connectivity index (χ1n) is 8.87. The molecule has 6 nitrogen and oxygen atoms in total. The van der Waals surface area contributed by atoms with Gasteiger partial charge in [0, 0.05) is 10.8 Å². The van der Waals surface area contributed by atoms with Gasteiger partial charge in [0.15, 0.2) is 17.0 Å². The van der Waals surface area contributed by atoms with E-state index in [0.717, 1.165) is 0 Å². The highest BCUT2D eigenvalue weighted by Gasteiger charge is 2.27. The maximum atomic E-state index is 13.2. The van der Waals surface area contributed by atoms with Crippen molar-refractivity contribution < 1.29 is 19.0 Å². The predicted octanol–water partition coefficient (Wildman–Crippen LogP) is 4.93. The van der Waals surface area contributed by atoms with E-state index < -0.39 is 11.0 Å². The molecule has 0 aliphatic carbocycles. The molecule has 148 valence electrons. The van der Waals surface area contributed by atoms with Gasteiger partial charge in [-0.15, -0.1) is 0 Å². The Morgan fingerprint density at radius 2 is 1.83 bits per heavy atom. The SMILES string of the molecule is CC(C)Oc1ccc(C(=O)[NH+]([O-])c2c(Cl)cncc2Cl)c2c1oc1ccccc12. The number of rotatable bonds is 4. The van der Waals surface area contributed by atoms with E-state index in [1.165, 1.54) is 12.4 Å². The maximum absolute atomic E-state index is 13.2. The molecule has 0 radical (unpaired) electrons. The van der Waals surface area contributed by atoms with Gasteiger partial charge in [0.25, 0.3) is 0 Å². The molecule has 0 saturated heterocycles. The third kappa shape index (κ3) is 3.45. The average molecular weight is 431 g/mol. The minimum Gasteiger partial charge on any atom is -0.621 e. The molecule has 0 saturated carbocycles. The average Bonchev–Trinajstić information content (AvgIpc) is 3.07. The normalized spacial score (nSPS) is 12.6. The fraction of sp³-hybridized carbons (Fsp3) is 0.143. The van der Waals surface area contributed by atoms with Crippen molar-refractivity contribution >= 4 is 56.7 Å². The molecule has 0 bridgehead atoms. The molecule has 2 heterocycles. The van der Waals surface area contributed by atoms with Crippen molar-refractivity contribution in [3.63, 3.8) is 0 Å². The van der Waals surface area contributed by atoms with Crippen molar-refractivity contribution in [1.82, 2.24) is 4.98 Å². The summed E-state index contributed by atoms with van der Waals surface area (Å²) in [5.41, 5.74) is 1.11. The number of hydrogen-bond donors (Lipinski definition) is 1. The van der Waals surface area contributed by atoms with Gasteiger partial charge in [-0.25, -0.2) is 4.79 Å². The maximum Gasteiger partial charge on any atom is 0.350 e. The van der Waals surface area contributed by atoms with E-state index in [1.54, 1.807) is 18.2 Å². The van der Waals surface area contributed by atoms with Crippen LogP contribution in [-0.4, -0.2) is 17.0 Å². The summed E-state index contributed by atoms with van der Waals surface area (Å²) in [7, 11) is 0. The lowest BCUT2D eigenvalue weighted by molar-refractivity contribution is -0.679. The van der Waals surface area contributed by atoms with E-state index in [0.29, 0.717) is 27.7 Å². The number of carbonyl (C=O) groups is 1. The van der Waals surface area contributed by atoms with Crippen LogP contribution in [0.15, 0.2) is 53.2 Å². The summed E-state index contributed by atoms with van der Waals surface area (Å²) in [4.78, 5) is 17.0. The van der Waals surface area contributed by atoms with Gasteiger partial charge in [0.05, 0.1) is 24.1 Å². The number of pyridine rings is 1. The molecule has 1 N–H and O–H groups in total. The first-order chi connectivity index (χ1) is 13.9. The van der Waals surface area contributed by atoms with Gasteiger partial charge >= 0.3 is 5.91 Å². The lowest BCUT2D eigenvalue weighted by Crippen LogP contribution is -3.05. The van der Waals surface area contributed by atoms with Gasteiger partial charge in [-0.1, -0.05) is 41.4 Å². The van der Waals surface area contributed by atoms with Crippen LogP contribution in [0.1, 0.15) is 24.2 Å². The highest BCUT2D eigenvalue weighted by atomic mass is 35.5. The molecule has 0 spiro atoms. The van der Waals surface area contributed by atoms with E-state index in [2.05, 4.69) is 4.98 Å². The molecule has 1 amide bonds. The number of quaternary nitrogens is 1. The summed E-state index contributed by atoms with van der Waals surface area (Å²) >= 11 is 12.1. The molecule has 4 aromatic rings. The zero-order valence-corrected chi connectivity index (χ0v) is 17.0. The second-order valence-electron chi connectivity index (χ2n) is 6.72. The predicted molar refractivity (Wildman–Crippen MR) is 112 cm³/mol. The van der Waals surface area contributed by atoms with Crippen molar-refractivity contribution in [3.8, 4) is 5.75 Å². The summed E-state index contributed by atoms with van der Waals surface area (Å²) in [6.45, 7) is 3.79. The number of ether oxygens (including phenoxy) is 1. The van der Waals surface area contributed by atoms with Crippen LogP contribution in [0, 0.1) is 5.21 Å². The smallest absolute Gasteiger partial charge is 0.350 e. The molecular weight excluding hydrogens is 415 g/mol. The number of nitrogens with one attached hydrogen (secondary N) is 1. The summed E-state index contributed by atoms with van der Waals surface area (Å²) in [6.07, 6.45) is 2.45. The first kappa shape index (κ1) is 19.7. The monoisotopic (exact) mass is 430 g/mol. The second kappa shape index (κ2) is 7.65. The molecule has 1 atom stereocenters. The molecule has 2 aromatic carbocycles. The highest BCUT2D eigenvalue weighted by Crippen LogP contribution is 2.37. The van der Waals surface area contributed by atoms with E-state index in [4.69, 9.17) is 32.4 Å². The largest absolute Gasteiger partial charge is 0.621 e. The van der Waals surface area contributed by atoms with Crippen LogP contribution in [-0.2, 0) is 0 Å². The number of benzene rings is 2. The van der Waals surface area contributed by atoms with Crippen molar-refractivity contribution in [1.29, 1.82) is 0 Å². The van der Waals surface area contributed by atoms with E-state index in [1.807, 2.05) is 32.0 Å². The quantitative estimate of drug-likeness (QED) is 0.464. The standard InChI is InChI=1S/C21H16Cl2N2O4/c1-11(2)28-17-8-7-13(18-12-5-3-4-6-16(12)29-20(17)18)21(26)25(27)19-14(22)9-24-10-15(19)23/h3-11,25H,1-2H3. The molecule has 29 heavy (non-hydrogen) atoms. The Kier molecular flexibility index (Phi) is 5.19. The van der Waals surface area contributed by atoms with E-state index in [-0.39, 0.29) is 27.4 Å². The van der Waals surface area contributed by atoms with Gasteiger partial charge in [-0.3, -0.25) is 10.0 Å². The molecule has 1 unspecified atom stereocenters. The number of para-hydroxylation sites is 1. The van der Waals surface area contributed by atoms with Crippen molar-refractivity contribution in [2.24, 2.45) is 0 Å². The lowest BCUT2D eigenvalue weighted by atomic mass is 10.0. The number of aromatic nitrogens is 1. The number of furan rings is 1. The lowest BCUT2D eigenvalue weighted by Gasteiger charge is -2.21. The number of amides is 1. The zero-order valence-electron chi connectivity index (χ0n) is 15.5. The Hall–Kier alpha value is -2.64. The van der Waals surface area contributed by atoms with Crippen molar-refractivity contribution in [2.75, 3.05) is 0 Å². The summed E-state index contributed by atoms with van der Waals surface area (Å²) in [5, 5.41) is 13.4. The fourth-order valence-corrected chi connectivity index (χ4v) is 3.74. The molecular formula is C21H16Cl2N2O4. The van der Waals surface area contributed by atoms with Crippen LogP contribution < -0.4 is 9.80 Å². The minimum absolute atomic E-state index is 0.0175. The molecule has 0 fully saturated rings. The Morgan fingerprint density at radius 1 is 1.14 bits per heavy atom. The van der Waals surface area contributed by atoms with Gasteiger partial charge < -0.3 is 14.4 Å².